The van der Waals surface area contributed by atoms with E-state index in [1.54, 1.807) is 0 Å². The van der Waals surface area contributed by atoms with Gasteiger partial charge in [-0.15, -0.1) is 22.6 Å². The van der Waals surface area contributed by atoms with Crippen LogP contribution in [0.3, 0.4) is 0 Å². The molecule has 0 spiro atoms. The van der Waals surface area contributed by atoms with Gasteiger partial charge < -0.3 is 10.2 Å². The van der Waals surface area contributed by atoms with Crippen molar-refractivity contribution in [3.8, 4) is 11.4 Å². The van der Waals surface area contributed by atoms with Gasteiger partial charge in [-0.3, -0.25) is 4.79 Å². The number of amides is 1. The summed E-state index contributed by atoms with van der Waals surface area (Å²) in [5, 5.41) is 15.6. The van der Waals surface area contributed by atoms with E-state index in [0.717, 1.165) is 25.2 Å². The first-order valence-electron chi connectivity index (χ1n) is 7.48. The molecule has 1 aliphatic rings. The van der Waals surface area contributed by atoms with Gasteiger partial charge in [-0.2, -0.15) is 4.80 Å². The summed E-state index contributed by atoms with van der Waals surface area (Å²) in [6.45, 7) is 6.57. The normalized spacial score (nSPS) is 17.7. The lowest BCUT2D eigenvalue weighted by molar-refractivity contribution is -0.135. The van der Waals surface area contributed by atoms with Crippen LogP contribution in [0.2, 0.25) is 0 Å². The van der Waals surface area contributed by atoms with Crippen LogP contribution in [0.5, 0.6) is 0 Å². The minimum atomic E-state index is 0. The van der Waals surface area contributed by atoms with E-state index in [1.807, 2.05) is 43.0 Å². The standard InChI is InChI=1S/C15H20N6O.ClH/c1-11-3-5-13(6-4-11)15-17-19-21(18-15)10-14(22)20-8-7-16-9-12(20)2;/h3-6,12,16H,7-10H2,1-2H3;1H/t12-;/m1./s1. The van der Waals surface area contributed by atoms with Crippen molar-refractivity contribution in [1.82, 2.24) is 30.4 Å². The molecule has 23 heavy (non-hydrogen) atoms. The molecule has 1 fully saturated rings. The van der Waals surface area contributed by atoms with E-state index in [0.29, 0.717) is 5.82 Å². The second-order valence-corrected chi connectivity index (χ2v) is 5.65. The monoisotopic (exact) mass is 336 g/mol. The van der Waals surface area contributed by atoms with Crippen LogP contribution in [-0.4, -0.2) is 56.7 Å². The van der Waals surface area contributed by atoms with Gasteiger partial charge in [0.2, 0.25) is 11.7 Å². The number of piperazine rings is 1. The number of benzene rings is 1. The van der Waals surface area contributed by atoms with Gasteiger partial charge in [0.25, 0.3) is 0 Å². The molecule has 1 aliphatic heterocycles. The number of carbonyl (C=O) groups excluding carboxylic acids is 1. The first-order chi connectivity index (χ1) is 10.6. The van der Waals surface area contributed by atoms with Crippen LogP contribution in [0, 0.1) is 6.92 Å². The van der Waals surface area contributed by atoms with E-state index < -0.39 is 0 Å². The molecule has 7 nitrogen and oxygen atoms in total. The summed E-state index contributed by atoms with van der Waals surface area (Å²) < 4.78 is 0. The summed E-state index contributed by atoms with van der Waals surface area (Å²) in [5.74, 6) is 0.572. The Morgan fingerprint density at radius 2 is 2.09 bits per heavy atom. The Morgan fingerprint density at radius 3 is 2.78 bits per heavy atom. The van der Waals surface area contributed by atoms with Crippen molar-refractivity contribution in [2.45, 2.75) is 26.4 Å². The average molecular weight is 337 g/mol. The average Bonchev–Trinajstić information content (AvgIpc) is 2.97. The predicted octanol–water partition coefficient (Wildman–Crippen LogP) is 0.891. The third kappa shape index (κ3) is 4.05. The van der Waals surface area contributed by atoms with Crippen molar-refractivity contribution in [1.29, 1.82) is 0 Å². The Bertz CT molecular complexity index is 656. The zero-order valence-electron chi connectivity index (χ0n) is 13.3. The molecule has 1 aromatic carbocycles. The summed E-state index contributed by atoms with van der Waals surface area (Å²) in [6.07, 6.45) is 0. The van der Waals surface area contributed by atoms with Crippen molar-refractivity contribution in [2.75, 3.05) is 19.6 Å². The van der Waals surface area contributed by atoms with Crippen LogP contribution < -0.4 is 5.32 Å². The molecule has 124 valence electrons. The molecule has 1 atom stereocenters. The van der Waals surface area contributed by atoms with Crippen molar-refractivity contribution in [3.63, 3.8) is 0 Å². The van der Waals surface area contributed by atoms with Gasteiger partial charge in [-0.25, -0.2) is 0 Å². The van der Waals surface area contributed by atoms with Crippen LogP contribution in [0.4, 0.5) is 0 Å². The van der Waals surface area contributed by atoms with Crippen LogP contribution in [-0.2, 0) is 11.3 Å². The maximum absolute atomic E-state index is 12.3. The van der Waals surface area contributed by atoms with Gasteiger partial charge in [0.15, 0.2) is 0 Å². The summed E-state index contributed by atoms with van der Waals surface area (Å²) in [6, 6.07) is 8.11. The summed E-state index contributed by atoms with van der Waals surface area (Å²) in [5.41, 5.74) is 2.08. The SMILES string of the molecule is Cc1ccc(-c2nnn(CC(=O)N3CCNC[C@H]3C)n2)cc1.Cl. The number of nitrogens with zero attached hydrogens (tertiary/aromatic N) is 5. The highest BCUT2D eigenvalue weighted by molar-refractivity contribution is 5.85. The van der Waals surface area contributed by atoms with E-state index in [4.69, 9.17) is 0 Å². The van der Waals surface area contributed by atoms with E-state index in [2.05, 4.69) is 20.7 Å². The van der Waals surface area contributed by atoms with Gasteiger partial charge in [0, 0.05) is 31.2 Å². The number of hydrogen-bond acceptors (Lipinski definition) is 5. The van der Waals surface area contributed by atoms with Crippen LogP contribution in [0.15, 0.2) is 24.3 Å². The lowest BCUT2D eigenvalue weighted by atomic mass is 10.1. The molecule has 3 rings (SSSR count). The predicted molar refractivity (Wildman–Crippen MR) is 89.3 cm³/mol. The number of tetrazole rings is 1. The van der Waals surface area contributed by atoms with Crippen molar-refractivity contribution in [3.05, 3.63) is 29.8 Å². The lowest BCUT2D eigenvalue weighted by Crippen LogP contribution is -2.53. The van der Waals surface area contributed by atoms with Gasteiger partial charge in [-0.1, -0.05) is 29.8 Å². The van der Waals surface area contributed by atoms with E-state index in [-0.39, 0.29) is 30.9 Å². The topological polar surface area (TPSA) is 75.9 Å². The molecule has 0 saturated carbocycles. The third-order valence-electron chi connectivity index (χ3n) is 3.86. The highest BCUT2D eigenvalue weighted by atomic mass is 35.5. The van der Waals surface area contributed by atoms with Crippen LogP contribution in [0.25, 0.3) is 11.4 Å². The smallest absolute Gasteiger partial charge is 0.246 e. The maximum Gasteiger partial charge on any atom is 0.246 e. The number of hydrogen-bond donors (Lipinski definition) is 1. The van der Waals surface area contributed by atoms with Gasteiger partial charge in [-0.05, 0) is 19.1 Å². The van der Waals surface area contributed by atoms with Gasteiger partial charge >= 0.3 is 0 Å². The molecule has 2 heterocycles. The molecule has 8 heteroatoms. The highest BCUT2D eigenvalue weighted by Gasteiger charge is 2.23. The lowest BCUT2D eigenvalue weighted by Gasteiger charge is -2.33. The molecule has 1 saturated heterocycles. The van der Waals surface area contributed by atoms with E-state index in [1.165, 1.54) is 10.4 Å². The Labute approximate surface area is 141 Å². The fourth-order valence-corrected chi connectivity index (χ4v) is 2.55. The number of aromatic nitrogens is 4. The van der Waals surface area contributed by atoms with Gasteiger partial charge in [0.05, 0.1) is 0 Å². The summed E-state index contributed by atoms with van der Waals surface area (Å²) >= 11 is 0. The van der Waals surface area contributed by atoms with Crippen LogP contribution >= 0.6 is 12.4 Å². The fraction of sp³-hybridized carbons (Fsp3) is 0.467. The molecule has 0 bridgehead atoms. The van der Waals surface area contributed by atoms with Crippen LogP contribution in [0.1, 0.15) is 12.5 Å². The largest absolute Gasteiger partial charge is 0.336 e. The molecule has 1 N–H and O–H groups in total. The number of aryl methyl sites for hydroxylation is 1. The second-order valence-electron chi connectivity index (χ2n) is 5.65. The molecule has 1 aromatic heterocycles. The van der Waals surface area contributed by atoms with Gasteiger partial charge in [0.1, 0.15) is 6.54 Å². The first kappa shape index (κ1) is 17.4. The quantitative estimate of drug-likeness (QED) is 0.901. The number of rotatable bonds is 3. The Hall–Kier alpha value is -1.99. The van der Waals surface area contributed by atoms with Crippen molar-refractivity contribution < 1.29 is 4.79 Å². The fourth-order valence-electron chi connectivity index (χ4n) is 2.55. The second kappa shape index (κ2) is 7.52. The molecule has 0 unspecified atom stereocenters. The van der Waals surface area contributed by atoms with Crippen molar-refractivity contribution >= 4 is 18.3 Å². The first-order valence-corrected chi connectivity index (χ1v) is 7.48. The minimum Gasteiger partial charge on any atom is -0.336 e. The number of halogens is 1. The Morgan fingerprint density at radius 1 is 1.35 bits per heavy atom. The summed E-state index contributed by atoms with van der Waals surface area (Å²) in [7, 11) is 0. The molecule has 2 aromatic rings. The number of nitrogens with one attached hydrogen (secondary N) is 1. The van der Waals surface area contributed by atoms with E-state index in [9.17, 15) is 4.79 Å². The molecule has 0 radical (unpaired) electrons. The third-order valence-corrected chi connectivity index (χ3v) is 3.86. The highest BCUT2D eigenvalue weighted by Crippen LogP contribution is 2.14. The number of carbonyl (C=O) groups is 1. The zero-order chi connectivity index (χ0) is 15.5. The van der Waals surface area contributed by atoms with E-state index >= 15 is 0 Å². The maximum atomic E-state index is 12.3. The Kier molecular flexibility index (Phi) is 5.68. The minimum absolute atomic E-state index is 0. The molecular weight excluding hydrogens is 316 g/mol. The van der Waals surface area contributed by atoms with Crippen molar-refractivity contribution in [2.24, 2.45) is 0 Å². The zero-order valence-corrected chi connectivity index (χ0v) is 14.1. The summed E-state index contributed by atoms with van der Waals surface area (Å²) in [4.78, 5) is 15.6. The molecule has 0 aliphatic carbocycles. The molecular formula is C15H21ClN6O. The molecule has 1 amide bonds. The Balaban J connectivity index is 0.00000192.